The third-order valence-corrected chi connectivity index (χ3v) is 4.51. The summed E-state index contributed by atoms with van der Waals surface area (Å²) in [5.41, 5.74) is -0.0905. The highest BCUT2D eigenvalue weighted by Gasteiger charge is 2.40. The van der Waals surface area contributed by atoms with Gasteiger partial charge in [0.15, 0.2) is 0 Å². The van der Waals surface area contributed by atoms with Crippen LogP contribution in [0.25, 0.3) is 0 Å². The molecule has 0 aliphatic carbocycles. The quantitative estimate of drug-likeness (QED) is 0.671. The van der Waals surface area contributed by atoms with E-state index in [0.717, 1.165) is 32.4 Å². The minimum atomic E-state index is -0.526. The van der Waals surface area contributed by atoms with Gasteiger partial charge in [-0.3, -0.25) is 14.9 Å². The number of carbonyl (C=O) groups is 1. The van der Waals surface area contributed by atoms with Gasteiger partial charge in [0.25, 0.3) is 11.6 Å². The molecule has 21 heavy (non-hydrogen) atoms. The predicted molar refractivity (Wildman–Crippen MR) is 78.6 cm³/mol. The van der Waals surface area contributed by atoms with E-state index in [9.17, 15) is 14.9 Å². The van der Waals surface area contributed by atoms with Crippen molar-refractivity contribution in [3.05, 3.63) is 38.9 Å². The predicted octanol–water partition coefficient (Wildman–Crippen LogP) is 2.21. The van der Waals surface area contributed by atoms with Crippen LogP contribution in [0.2, 0.25) is 5.02 Å². The second-order valence-corrected chi connectivity index (χ2v) is 5.95. The molecule has 0 spiro atoms. The molecule has 0 radical (unpaired) electrons. The fourth-order valence-corrected chi connectivity index (χ4v) is 3.46. The van der Waals surface area contributed by atoms with Gasteiger partial charge in [0.2, 0.25) is 0 Å². The van der Waals surface area contributed by atoms with E-state index in [-0.39, 0.29) is 29.2 Å². The number of hydrogen-bond donors (Lipinski definition) is 1. The third kappa shape index (κ3) is 2.61. The molecule has 2 bridgehead atoms. The molecule has 1 amide bonds. The highest BCUT2D eigenvalue weighted by molar-refractivity contribution is 6.31. The van der Waals surface area contributed by atoms with Crippen molar-refractivity contribution in [1.82, 2.24) is 10.2 Å². The van der Waals surface area contributed by atoms with Crippen molar-refractivity contribution in [3.8, 4) is 0 Å². The molecule has 2 aliphatic heterocycles. The number of fused-ring (bicyclic) bond motifs is 2. The van der Waals surface area contributed by atoms with Crippen LogP contribution in [0.3, 0.4) is 0 Å². The Balaban J connectivity index is 1.98. The fraction of sp³-hybridized carbons (Fsp3) is 0.500. The Morgan fingerprint density at radius 2 is 2.10 bits per heavy atom. The number of nitro groups is 1. The minimum absolute atomic E-state index is 0.0892. The maximum absolute atomic E-state index is 12.8. The molecule has 1 aromatic rings. The first-order chi connectivity index (χ1) is 10.1. The summed E-state index contributed by atoms with van der Waals surface area (Å²) >= 11 is 5.92. The molecular formula is C14H16ClN3O3. The molecule has 6 nitrogen and oxygen atoms in total. The Morgan fingerprint density at radius 1 is 1.33 bits per heavy atom. The van der Waals surface area contributed by atoms with Crippen LogP contribution in [-0.4, -0.2) is 40.9 Å². The van der Waals surface area contributed by atoms with Crippen molar-refractivity contribution in [3.63, 3.8) is 0 Å². The van der Waals surface area contributed by atoms with Crippen molar-refractivity contribution >= 4 is 23.2 Å². The Morgan fingerprint density at radius 3 is 2.86 bits per heavy atom. The molecule has 2 heterocycles. The van der Waals surface area contributed by atoms with Gasteiger partial charge in [-0.15, -0.1) is 0 Å². The highest BCUT2D eigenvalue weighted by atomic mass is 35.5. The maximum atomic E-state index is 12.8. The normalized spacial score (nSPS) is 24.7. The van der Waals surface area contributed by atoms with Crippen LogP contribution in [0.15, 0.2) is 18.2 Å². The number of rotatable bonds is 2. The monoisotopic (exact) mass is 309 g/mol. The van der Waals surface area contributed by atoms with E-state index in [1.54, 1.807) is 0 Å². The van der Waals surface area contributed by atoms with Crippen LogP contribution in [0.1, 0.15) is 29.6 Å². The Kier molecular flexibility index (Phi) is 3.82. The summed E-state index contributed by atoms with van der Waals surface area (Å²) in [6.45, 7) is 1.62. The molecule has 2 fully saturated rings. The molecule has 1 N–H and O–H groups in total. The van der Waals surface area contributed by atoms with Crippen LogP contribution < -0.4 is 5.32 Å². The van der Waals surface area contributed by atoms with Crippen molar-refractivity contribution in [2.24, 2.45) is 0 Å². The number of nitrogens with one attached hydrogen (secondary N) is 1. The summed E-state index contributed by atoms with van der Waals surface area (Å²) in [6.07, 6.45) is 2.79. The molecule has 1 aromatic carbocycles. The van der Waals surface area contributed by atoms with Gasteiger partial charge in [0.1, 0.15) is 5.56 Å². The molecule has 2 unspecified atom stereocenters. The van der Waals surface area contributed by atoms with Crippen molar-refractivity contribution in [1.29, 1.82) is 0 Å². The van der Waals surface area contributed by atoms with E-state index in [0.29, 0.717) is 5.02 Å². The topological polar surface area (TPSA) is 75.5 Å². The van der Waals surface area contributed by atoms with Crippen molar-refractivity contribution in [2.45, 2.75) is 31.3 Å². The molecular weight excluding hydrogens is 294 g/mol. The summed E-state index contributed by atoms with van der Waals surface area (Å²) in [5.74, 6) is -0.277. The lowest BCUT2D eigenvalue weighted by atomic mass is 10.1. The zero-order valence-corrected chi connectivity index (χ0v) is 12.2. The Labute approximate surface area is 127 Å². The Hall–Kier alpha value is -1.66. The average molecular weight is 310 g/mol. The van der Waals surface area contributed by atoms with E-state index in [1.807, 2.05) is 4.90 Å². The molecule has 0 saturated carbocycles. The van der Waals surface area contributed by atoms with Crippen molar-refractivity contribution in [2.75, 3.05) is 13.1 Å². The molecule has 3 rings (SSSR count). The number of carbonyl (C=O) groups excluding carboxylic acids is 1. The zero-order chi connectivity index (χ0) is 15.0. The minimum Gasteiger partial charge on any atom is -0.331 e. The number of nitro benzene ring substituents is 1. The highest BCUT2D eigenvalue weighted by Crippen LogP contribution is 2.32. The van der Waals surface area contributed by atoms with E-state index >= 15 is 0 Å². The van der Waals surface area contributed by atoms with E-state index in [1.165, 1.54) is 18.2 Å². The third-order valence-electron chi connectivity index (χ3n) is 4.27. The molecule has 0 aromatic heterocycles. The standard InChI is InChI=1S/C14H16ClN3O3/c15-9-1-4-13(18(20)21)12(7-9)14(19)17-10-2-3-11(17)8-16-6-5-10/h1,4,7,10-11,16H,2-3,5-6,8H2. The zero-order valence-electron chi connectivity index (χ0n) is 11.4. The van der Waals surface area contributed by atoms with Gasteiger partial charge in [0.05, 0.1) is 4.92 Å². The van der Waals surface area contributed by atoms with E-state index in [4.69, 9.17) is 11.6 Å². The van der Waals surface area contributed by atoms with Crippen LogP contribution in [0, 0.1) is 10.1 Å². The van der Waals surface area contributed by atoms with Crippen LogP contribution >= 0.6 is 11.6 Å². The van der Waals surface area contributed by atoms with Gasteiger partial charge in [-0.05, 0) is 37.9 Å². The van der Waals surface area contributed by atoms with Gasteiger partial charge in [0, 0.05) is 29.7 Å². The number of nitrogens with zero attached hydrogens (tertiary/aromatic N) is 2. The molecule has 112 valence electrons. The lowest BCUT2D eigenvalue weighted by Crippen LogP contribution is -2.42. The largest absolute Gasteiger partial charge is 0.331 e. The van der Waals surface area contributed by atoms with Gasteiger partial charge < -0.3 is 10.2 Å². The smallest absolute Gasteiger partial charge is 0.282 e. The first-order valence-corrected chi connectivity index (χ1v) is 7.43. The number of hydrogen-bond acceptors (Lipinski definition) is 4. The summed E-state index contributed by atoms with van der Waals surface area (Å²) < 4.78 is 0. The number of halogens is 1. The van der Waals surface area contributed by atoms with Crippen LogP contribution in [-0.2, 0) is 0 Å². The summed E-state index contributed by atoms with van der Waals surface area (Å²) in [6, 6.07) is 4.42. The molecule has 7 heteroatoms. The van der Waals surface area contributed by atoms with E-state index in [2.05, 4.69) is 5.32 Å². The average Bonchev–Trinajstić information content (AvgIpc) is 2.70. The van der Waals surface area contributed by atoms with Gasteiger partial charge in [-0.2, -0.15) is 0 Å². The first kappa shape index (κ1) is 14.3. The summed E-state index contributed by atoms with van der Waals surface area (Å²) in [7, 11) is 0. The fourth-order valence-electron chi connectivity index (χ4n) is 3.29. The van der Waals surface area contributed by atoms with Gasteiger partial charge in [-0.25, -0.2) is 0 Å². The van der Waals surface area contributed by atoms with Crippen LogP contribution in [0.4, 0.5) is 5.69 Å². The summed E-state index contributed by atoms with van der Waals surface area (Å²) in [4.78, 5) is 25.3. The van der Waals surface area contributed by atoms with Gasteiger partial charge in [-0.1, -0.05) is 11.6 Å². The van der Waals surface area contributed by atoms with Crippen molar-refractivity contribution < 1.29 is 9.72 Å². The maximum Gasteiger partial charge on any atom is 0.282 e. The van der Waals surface area contributed by atoms with E-state index < -0.39 is 4.92 Å². The SMILES string of the molecule is O=C(c1cc(Cl)ccc1[N+](=O)[O-])N1C2CCNCC1CC2. The summed E-state index contributed by atoms with van der Waals surface area (Å²) in [5, 5.41) is 14.8. The first-order valence-electron chi connectivity index (χ1n) is 7.05. The lowest BCUT2D eigenvalue weighted by molar-refractivity contribution is -0.385. The second kappa shape index (κ2) is 5.61. The van der Waals surface area contributed by atoms with Crippen LogP contribution in [0.5, 0.6) is 0 Å². The Bertz CT molecular complexity index is 579. The lowest BCUT2D eigenvalue weighted by Gasteiger charge is -2.27. The second-order valence-electron chi connectivity index (χ2n) is 5.51. The molecule has 2 saturated heterocycles. The van der Waals surface area contributed by atoms with Gasteiger partial charge >= 0.3 is 0 Å². The molecule has 2 aliphatic rings. The number of benzene rings is 1. The number of amides is 1. The molecule has 2 atom stereocenters.